The first-order valence-electron chi connectivity index (χ1n) is 10.4. The zero-order valence-corrected chi connectivity index (χ0v) is 21.5. The number of ether oxygens (including phenoxy) is 1. The third-order valence-corrected chi connectivity index (χ3v) is 8.19. The molecule has 1 aliphatic rings. The Morgan fingerprint density at radius 3 is 2.57 bits per heavy atom. The Kier molecular flexibility index (Phi) is 7.50. The maximum atomic E-state index is 12.8. The molecule has 0 radical (unpaired) electrons. The molecule has 1 fully saturated rings. The van der Waals surface area contributed by atoms with Gasteiger partial charge in [0.05, 0.1) is 9.92 Å². The minimum atomic E-state index is -3.80. The highest BCUT2D eigenvalue weighted by atomic mass is 35.5. The largest absolute Gasteiger partial charge is 0.479 e. The summed E-state index contributed by atoms with van der Waals surface area (Å²) in [7, 11) is -3.80. The van der Waals surface area contributed by atoms with Crippen LogP contribution in [0, 0.1) is 0 Å². The molecule has 0 saturated carbocycles. The lowest BCUT2D eigenvalue weighted by atomic mass is 10.2. The number of carbonyl (C=O) groups is 2. The topological polar surface area (TPSA) is 109 Å². The van der Waals surface area contributed by atoms with Crippen LogP contribution >= 0.6 is 34.5 Å². The van der Waals surface area contributed by atoms with E-state index in [2.05, 4.69) is 9.71 Å². The fraction of sp³-hybridized carbons (Fsp3) is 0.227. The van der Waals surface area contributed by atoms with E-state index in [-0.39, 0.29) is 52.2 Å². The van der Waals surface area contributed by atoms with Crippen LogP contribution in [0.1, 0.15) is 6.92 Å². The van der Waals surface area contributed by atoms with Crippen LogP contribution in [0.15, 0.2) is 58.9 Å². The third kappa shape index (κ3) is 5.69. The van der Waals surface area contributed by atoms with Crippen LogP contribution in [-0.2, 0) is 19.6 Å². The molecule has 1 unspecified atom stereocenters. The van der Waals surface area contributed by atoms with Crippen molar-refractivity contribution in [2.45, 2.75) is 17.9 Å². The summed E-state index contributed by atoms with van der Waals surface area (Å²) in [5.41, 5.74) is 0.533. The molecule has 9 nitrogen and oxygen atoms in total. The number of thiazole rings is 1. The average molecular weight is 555 g/mol. The van der Waals surface area contributed by atoms with Crippen LogP contribution in [0.3, 0.4) is 0 Å². The number of rotatable bonds is 7. The van der Waals surface area contributed by atoms with Gasteiger partial charge in [-0.3, -0.25) is 14.3 Å². The minimum Gasteiger partial charge on any atom is -0.479 e. The van der Waals surface area contributed by atoms with E-state index in [0.717, 1.165) is 0 Å². The van der Waals surface area contributed by atoms with E-state index in [1.807, 2.05) is 0 Å². The van der Waals surface area contributed by atoms with E-state index < -0.39 is 16.1 Å². The second kappa shape index (κ2) is 10.4. The number of nitrogens with one attached hydrogen (secondary N) is 1. The number of aromatic nitrogens is 1. The molecule has 13 heteroatoms. The van der Waals surface area contributed by atoms with E-state index in [4.69, 9.17) is 27.9 Å². The SMILES string of the molecule is CC(Oc1cccc(Cl)c1Cl)C(=O)N1CCN(c2ccc(S(=O)(=O)Nc3nccs3)cc2)C(=O)C1. The molecule has 0 spiro atoms. The van der Waals surface area contributed by atoms with Crippen molar-refractivity contribution in [2.75, 3.05) is 29.3 Å². The van der Waals surface area contributed by atoms with Gasteiger partial charge in [0.1, 0.15) is 17.3 Å². The van der Waals surface area contributed by atoms with Crippen molar-refractivity contribution >= 4 is 67.2 Å². The monoisotopic (exact) mass is 554 g/mol. The normalized spacial score (nSPS) is 15.1. The number of nitrogens with zero attached hydrogens (tertiary/aromatic N) is 3. The van der Waals surface area contributed by atoms with E-state index in [0.29, 0.717) is 10.7 Å². The highest BCUT2D eigenvalue weighted by molar-refractivity contribution is 7.93. The predicted octanol–water partition coefficient (Wildman–Crippen LogP) is 3.89. The number of piperazine rings is 1. The molecule has 4 rings (SSSR count). The fourth-order valence-electron chi connectivity index (χ4n) is 3.46. The van der Waals surface area contributed by atoms with Crippen LogP contribution in [-0.4, -0.2) is 55.9 Å². The lowest BCUT2D eigenvalue weighted by Gasteiger charge is -2.35. The summed E-state index contributed by atoms with van der Waals surface area (Å²) in [6, 6.07) is 10.8. The zero-order valence-electron chi connectivity index (χ0n) is 18.4. The summed E-state index contributed by atoms with van der Waals surface area (Å²) in [5.74, 6) is -0.373. The molecule has 1 aliphatic heterocycles. The number of sulfonamides is 1. The molecular weight excluding hydrogens is 535 g/mol. The molecule has 2 amide bonds. The van der Waals surface area contributed by atoms with Crippen molar-refractivity contribution in [2.24, 2.45) is 0 Å². The van der Waals surface area contributed by atoms with Gasteiger partial charge in [0.2, 0.25) is 5.91 Å². The molecule has 1 atom stereocenters. The van der Waals surface area contributed by atoms with Crippen LogP contribution < -0.4 is 14.4 Å². The van der Waals surface area contributed by atoms with E-state index in [1.54, 1.807) is 42.6 Å². The summed E-state index contributed by atoms with van der Waals surface area (Å²) in [6.07, 6.45) is 0.626. The van der Waals surface area contributed by atoms with Gasteiger partial charge in [-0.15, -0.1) is 11.3 Å². The van der Waals surface area contributed by atoms with Crippen LogP contribution in [0.25, 0.3) is 0 Å². The lowest BCUT2D eigenvalue weighted by molar-refractivity contribution is -0.142. The first kappa shape index (κ1) is 25.2. The molecule has 1 aromatic heterocycles. The van der Waals surface area contributed by atoms with Gasteiger partial charge in [-0.05, 0) is 43.3 Å². The molecule has 3 aromatic rings. The second-order valence-electron chi connectivity index (χ2n) is 7.55. The number of carbonyl (C=O) groups excluding carboxylic acids is 2. The van der Waals surface area contributed by atoms with Gasteiger partial charge in [0.25, 0.3) is 15.9 Å². The smallest absolute Gasteiger partial charge is 0.263 e. The minimum absolute atomic E-state index is 0.0448. The Balaban J connectivity index is 1.38. The molecule has 0 bridgehead atoms. The molecule has 35 heavy (non-hydrogen) atoms. The highest BCUT2D eigenvalue weighted by Gasteiger charge is 2.31. The molecule has 1 N–H and O–H groups in total. The summed E-state index contributed by atoms with van der Waals surface area (Å²) < 4.78 is 33.1. The standard InChI is InChI=1S/C22H20Cl2N4O5S2/c1-14(33-18-4-2-3-17(23)20(18)24)21(30)27-10-11-28(19(29)13-27)15-5-7-16(8-6-15)35(31,32)26-22-25-9-12-34-22/h2-9,12,14H,10-11,13H2,1H3,(H,25,26). The van der Waals surface area contributed by atoms with Gasteiger partial charge < -0.3 is 14.5 Å². The van der Waals surface area contributed by atoms with Gasteiger partial charge >= 0.3 is 0 Å². The highest BCUT2D eigenvalue weighted by Crippen LogP contribution is 2.32. The Labute approximate surface area is 216 Å². The van der Waals surface area contributed by atoms with Crippen molar-refractivity contribution in [3.05, 3.63) is 64.1 Å². The van der Waals surface area contributed by atoms with Crippen molar-refractivity contribution < 1.29 is 22.7 Å². The van der Waals surface area contributed by atoms with E-state index >= 15 is 0 Å². The van der Waals surface area contributed by atoms with Gasteiger partial charge in [-0.2, -0.15) is 0 Å². The number of halogens is 2. The van der Waals surface area contributed by atoms with Gasteiger partial charge in [-0.25, -0.2) is 13.4 Å². The Morgan fingerprint density at radius 2 is 1.91 bits per heavy atom. The molecular formula is C22H20Cl2N4O5S2. The van der Waals surface area contributed by atoms with Crippen LogP contribution in [0.5, 0.6) is 5.75 Å². The fourth-order valence-corrected chi connectivity index (χ4v) is 5.59. The number of anilines is 2. The third-order valence-electron chi connectivity index (χ3n) is 5.21. The summed E-state index contributed by atoms with van der Waals surface area (Å²) in [4.78, 5) is 32.5. The van der Waals surface area contributed by atoms with Crippen molar-refractivity contribution in [3.8, 4) is 5.75 Å². The molecule has 0 aliphatic carbocycles. The Hall–Kier alpha value is -2.86. The van der Waals surface area contributed by atoms with E-state index in [1.165, 1.54) is 39.5 Å². The predicted molar refractivity (Wildman–Crippen MR) is 135 cm³/mol. The van der Waals surface area contributed by atoms with Crippen LogP contribution in [0.4, 0.5) is 10.8 Å². The Morgan fingerprint density at radius 1 is 1.17 bits per heavy atom. The first-order chi connectivity index (χ1) is 16.7. The summed E-state index contributed by atoms with van der Waals surface area (Å²) in [6.45, 7) is 1.97. The van der Waals surface area contributed by atoms with Gasteiger partial charge in [-0.1, -0.05) is 29.3 Å². The van der Waals surface area contributed by atoms with E-state index in [9.17, 15) is 18.0 Å². The molecule has 1 saturated heterocycles. The van der Waals surface area contributed by atoms with Gasteiger partial charge in [0.15, 0.2) is 11.2 Å². The number of benzene rings is 2. The first-order valence-corrected chi connectivity index (χ1v) is 13.5. The molecule has 2 aromatic carbocycles. The number of amides is 2. The lowest BCUT2D eigenvalue weighted by Crippen LogP contribution is -2.54. The number of hydrogen-bond acceptors (Lipinski definition) is 7. The zero-order chi connectivity index (χ0) is 25.2. The van der Waals surface area contributed by atoms with Crippen molar-refractivity contribution in [1.29, 1.82) is 0 Å². The number of hydrogen-bond donors (Lipinski definition) is 1. The van der Waals surface area contributed by atoms with Gasteiger partial charge in [0, 0.05) is 30.4 Å². The molecule has 2 heterocycles. The maximum Gasteiger partial charge on any atom is 0.263 e. The van der Waals surface area contributed by atoms with Crippen LogP contribution in [0.2, 0.25) is 10.0 Å². The Bertz CT molecular complexity index is 1330. The van der Waals surface area contributed by atoms with Crippen molar-refractivity contribution in [3.63, 3.8) is 0 Å². The van der Waals surface area contributed by atoms with Crippen molar-refractivity contribution in [1.82, 2.24) is 9.88 Å². The maximum absolute atomic E-state index is 12.8. The quantitative estimate of drug-likeness (QED) is 0.474. The average Bonchev–Trinajstić information content (AvgIpc) is 3.34. The summed E-state index contributed by atoms with van der Waals surface area (Å²) >= 11 is 13.3. The second-order valence-corrected chi connectivity index (χ2v) is 10.9. The summed E-state index contributed by atoms with van der Waals surface area (Å²) in [5, 5.41) is 2.45. The molecule has 184 valence electrons.